The zero-order valence-corrected chi connectivity index (χ0v) is 14.6. The Morgan fingerprint density at radius 1 is 1.33 bits per heavy atom. The van der Waals surface area contributed by atoms with Crippen LogP contribution in [-0.2, 0) is 18.5 Å². The summed E-state index contributed by atoms with van der Waals surface area (Å²) in [5, 5.41) is 16.1. The Morgan fingerprint density at radius 3 is 2.50 bits per heavy atom. The Bertz CT molecular complexity index is 765. The van der Waals surface area contributed by atoms with Crippen molar-refractivity contribution in [2.45, 2.75) is 53.1 Å². The third kappa shape index (κ3) is 3.50. The lowest BCUT2D eigenvalue weighted by atomic mass is 10.1. The zero-order valence-electron chi connectivity index (χ0n) is 14.6. The van der Waals surface area contributed by atoms with Gasteiger partial charge in [0, 0.05) is 0 Å². The fourth-order valence-electron chi connectivity index (χ4n) is 2.59. The van der Waals surface area contributed by atoms with Crippen molar-refractivity contribution in [3.8, 4) is 0 Å². The van der Waals surface area contributed by atoms with Gasteiger partial charge in [-0.1, -0.05) is 6.92 Å². The largest absolute Gasteiger partial charge is 0.478 e. The molecule has 7 heteroatoms. The maximum atomic E-state index is 12.4. The second kappa shape index (κ2) is 6.51. The van der Waals surface area contributed by atoms with E-state index in [1.165, 1.54) is 6.07 Å². The number of furan rings is 1. The average molecular weight is 333 g/mol. The first-order chi connectivity index (χ1) is 11.1. The van der Waals surface area contributed by atoms with Crippen LogP contribution in [0.4, 0.5) is 0 Å². The first-order valence-electron chi connectivity index (χ1n) is 7.83. The van der Waals surface area contributed by atoms with Gasteiger partial charge in [0.05, 0.1) is 29.5 Å². The molecule has 0 saturated heterocycles. The number of carboxylic acids is 1. The number of aromatic nitrogens is 2. The fraction of sp³-hybridized carbons (Fsp3) is 0.471. The number of amides is 1. The van der Waals surface area contributed by atoms with Crippen molar-refractivity contribution in [1.82, 2.24) is 15.1 Å². The Balaban J connectivity index is 2.15. The SMILES string of the molecule is CCc1c(C(=O)NCc2cc(C(=O)O)c(C)o2)cnn1C(C)(C)C. The molecule has 0 bridgehead atoms. The van der Waals surface area contributed by atoms with E-state index in [1.807, 2.05) is 32.4 Å². The average Bonchev–Trinajstić information content (AvgIpc) is 3.07. The standard InChI is InChI=1S/C17H23N3O4/c1-6-14-13(9-19-20(14)17(3,4)5)15(21)18-8-11-7-12(16(22)23)10(2)24-11/h7,9H,6,8H2,1-5H3,(H,18,21)(H,22,23). The third-order valence-electron chi connectivity index (χ3n) is 3.71. The first-order valence-corrected chi connectivity index (χ1v) is 7.83. The lowest BCUT2D eigenvalue weighted by Crippen LogP contribution is -2.27. The highest BCUT2D eigenvalue weighted by atomic mass is 16.4. The van der Waals surface area contributed by atoms with Crippen LogP contribution in [0, 0.1) is 6.92 Å². The number of hydrogen-bond donors (Lipinski definition) is 2. The highest BCUT2D eigenvalue weighted by Gasteiger charge is 2.23. The normalized spacial score (nSPS) is 11.5. The minimum absolute atomic E-state index is 0.106. The molecule has 0 unspecified atom stereocenters. The topological polar surface area (TPSA) is 97.4 Å². The van der Waals surface area contributed by atoms with Gasteiger partial charge >= 0.3 is 5.97 Å². The van der Waals surface area contributed by atoms with E-state index >= 15 is 0 Å². The molecule has 0 atom stereocenters. The van der Waals surface area contributed by atoms with Crippen LogP contribution in [0.2, 0.25) is 0 Å². The number of aryl methyl sites for hydroxylation is 1. The summed E-state index contributed by atoms with van der Waals surface area (Å²) in [4.78, 5) is 23.5. The molecule has 2 heterocycles. The monoisotopic (exact) mass is 333 g/mol. The molecule has 2 aromatic rings. The van der Waals surface area contributed by atoms with Crippen LogP contribution >= 0.6 is 0 Å². The van der Waals surface area contributed by atoms with Crippen molar-refractivity contribution < 1.29 is 19.1 Å². The second-order valence-corrected chi connectivity index (χ2v) is 6.61. The van der Waals surface area contributed by atoms with E-state index in [-0.39, 0.29) is 23.6 Å². The molecule has 0 fully saturated rings. The molecule has 2 aromatic heterocycles. The summed E-state index contributed by atoms with van der Waals surface area (Å²) < 4.78 is 7.21. The van der Waals surface area contributed by atoms with Crippen LogP contribution in [0.15, 0.2) is 16.7 Å². The predicted octanol–water partition coefficient (Wildman–Crippen LogP) is 2.73. The smallest absolute Gasteiger partial charge is 0.339 e. The van der Waals surface area contributed by atoms with Crippen molar-refractivity contribution in [3.63, 3.8) is 0 Å². The number of hydrogen-bond acceptors (Lipinski definition) is 4. The number of carbonyl (C=O) groups is 2. The van der Waals surface area contributed by atoms with Gasteiger partial charge in [0.1, 0.15) is 17.1 Å². The van der Waals surface area contributed by atoms with Gasteiger partial charge in [0.2, 0.25) is 0 Å². The minimum atomic E-state index is -1.05. The number of rotatable bonds is 5. The van der Waals surface area contributed by atoms with Gasteiger partial charge in [-0.3, -0.25) is 9.48 Å². The highest BCUT2D eigenvalue weighted by molar-refractivity contribution is 5.95. The van der Waals surface area contributed by atoms with Crippen molar-refractivity contribution in [2.75, 3.05) is 0 Å². The van der Waals surface area contributed by atoms with Crippen molar-refractivity contribution in [3.05, 3.63) is 40.6 Å². The molecule has 1 amide bonds. The van der Waals surface area contributed by atoms with Gasteiger partial charge in [0.15, 0.2) is 0 Å². The lowest BCUT2D eigenvalue weighted by molar-refractivity contribution is 0.0694. The predicted molar refractivity (Wildman–Crippen MR) is 88.2 cm³/mol. The molecule has 2 N–H and O–H groups in total. The molecule has 0 aliphatic heterocycles. The summed E-state index contributed by atoms with van der Waals surface area (Å²) in [7, 11) is 0. The maximum absolute atomic E-state index is 12.4. The zero-order chi connectivity index (χ0) is 18.1. The summed E-state index contributed by atoms with van der Waals surface area (Å²) in [5.41, 5.74) is 1.28. The molecule has 7 nitrogen and oxygen atoms in total. The van der Waals surface area contributed by atoms with E-state index in [0.29, 0.717) is 23.5 Å². The Labute approximate surface area is 140 Å². The van der Waals surface area contributed by atoms with Crippen LogP contribution in [0.5, 0.6) is 0 Å². The second-order valence-electron chi connectivity index (χ2n) is 6.61. The Hall–Kier alpha value is -2.57. The maximum Gasteiger partial charge on any atom is 0.339 e. The van der Waals surface area contributed by atoms with Gasteiger partial charge < -0.3 is 14.8 Å². The van der Waals surface area contributed by atoms with E-state index in [0.717, 1.165) is 5.69 Å². The van der Waals surface area contributed by atoms with Crippen molar-refractivity contribution in [2.24, 2.45) is 0 Å². The number of carbonyl (C=O) groups excluding carboxylic acids is 1. The van der Waals surface area contributed by atoms with Crippen molar-refractivity contribution in [1.29, 1.82) is 0 Å². The summed E-state index contributed by atoms with van der Waals surface area (Å²) >= 11 is 0. The van der Waals surface area contributed by atoms with Gasteiger partial charge in [0.25, 0.3) is 5.91 Å². The van der Waals surface area contributed by atoms with E-state index in [2.05, 4.69) is 10.4 Å². The molecule has 0 aromatic carbocycles. The molecule has 130 valence electrons. The number of nitrogens with zero attached hydrogens (tertiary/aromatic N) is 2. The molecule has 0 aliphatic carbocycles. The molecule has 0 aliphatic rings. The molecule has 0 saturated carbocycles. The Kier molecular flexibility index (Phi) is 4.82. The molecule has 0 radical (unpaired) electrons. The quantitative estimate of drug-likeness (QED) is 0.877. The van der Waals surface area contributed by atoms with Gasteiger partial charge in [-0.25, -0.2) is 4.79 Å². The summed E-state index contributed by atoms with van der Waals surface area (Å²) in [6.07, 6.45) is 2.25. The molecular formula is C17H23N3O4. The highest BCUT2D eigenvalue weighted by Crippen LogP contribution is 2.20. The molecule has 0 spiro atoms. The number of nitrogens with one attached hydrogen (secondary N) is 1. The summed E-state index contributed by atoms with van der Waals surface area (Å²) in [6, 6.07) is 1.43. The van der Waals surface area contributed by atoms with E-state index < -0.39 is 5.97 Å². The summed E-state index contributed by atoms with van der Waals surface area (Å²) in [5.74, 6) is -0.581. The third-order valence-corrected chi connectivity index (χ3v) is 3.71. The van der Waals surface area contributed by atoms with E-state index in [9.17, 15) is 9.59 Å². The van der Waals surface area contributed by atoms with E-state index in [4.69, 9.17) is 9.52 Å². The lowest BCUT2D eigenvalue weighted by Gasteiger charge is -2.22. The van der Waals surface area contributed by atoms with Gasteiger partial charge in [-0.2, -0.15) is 5.10 Å². The first kappa shape index (κ1) is 17.8. The van der Waals surface area contributed by atoms with Crippen molar-refractivity contribution >= 4 is 11.9 Å². The van der Waals surface area contributed by atoms with Crippen LogP contribution in [0.25, 0.3) is 0 Å². The molecule has 2 rings (SSSR count). The minimum Gasteiger partial charge on any atom is -0.478 e. The fourth-order valence-corrected chi connectivity index (χ4v) is 2.59. The van der Waals surface area contributed by atoms with Crippen LogP contribution < -0.4 is 5.32 Å². The summed E-state index contributed by atoms with van der Waals surface area (Å²) in [6.45, 7) is 9.76. The molecular weight excluding hydrogens is 310 g/mol. The van der Waals surface area contributed by atoms with Crippen LogP contribution in [0.1, 0.15) is 65.6 Å². The number of carboxylic acid groups (broad SMARTS) is 1. The van der Waals surface area contributed by atoms with E-state index in [1.54, 1.807) is 13.1 Å². The number of aromatic carboxylic acids is 1. The van der Waals surface area contributed by atoms with Crippen LogP contribution in [0.3, 0.4) is 0 Å². The van der Waals surface area contributed by atoms with Gasteiger partial charge in [-0.15, -0.1) is 0 Å². The van der Waals surface area contributed by atoms with Gasteiger partial charge in [-0.05, 0) is 40.2 Å². The Morgan fingerprint density at radius 2 is 2.00 bits per heavy atom. The molecule has 24 heavy (non-hydrogen) atoms. The van der Waals surface area contributed by atoms with Crippen LogP contribution in [-0.4, -0.2) is 26.8 Å².